The third-order valence-electron chi connectivity index (χ3n) is 3.46. The van der Waals surface area contributed by atoms with Gasteiger partial charge in [-0.3, -0.25) is 4.79 Å². The fraction of sp³-hybridized carbons (Fsp3) is 0.278. The summed E-state index contributed by atoms with van der Waals surface area (Å²) in [6.45, 7) is 7.71. The van der Waals surface area contributed by atoms with E-state index in [2.05, 4.69) is 21.2 Å². The number of amides is 1. The number of rotatable bonds is 4. The largest absolute Gasteiger partial charge is 0.480 e. The number of carbonyl (C=O) groups is 1. The van der Waals surface area contributed by atoms with Crippen molar-refractivity contribution in [2.75, 3.05) is 5.32 Å². The number of para-hydroxylation sites is 1. The van der Waals surface area contributed by atoms with Crippen LogP contribution in [-0.2, 0) is 4.79 Å². The summed E-state index contributed by atoms with van der Waals surface area (Å²) < 4.78 is 6.71. The summed E-state index contributed by atoms with van der Waals surface area (Å²) in [6.07, 6.45) is -0.576. The van der Waals surface area contributed by atoms with Crippen LogP contribution >= 0.6 is 15.9 Å². The molecule has 1 N–H and O–H groups in total. The number of halogens is 1. The van der Waals surface area contributed by atoms with Gasteiger partial charge < -0.3 is 10.1 Å². The van der Waals surface area contributed by atoms with E-state index in [1.54, 1.807) is 6.92 Å². The molecule has 0 saturated heterocycles. The van der Waals surface area contributed by atoms with Crippen LogP contribution in [0, 0.1) is 20.8 Å². The first-order chi connectivity index (χ1) is 10.4. The van der Waals surface area contributed by atoms with Crippen molar-refractivity contribution in [1.29, 1.82) is 0 Å². The molecule has 0 spiro atoms. The van der Waals surface area contributed by atoms with Gasteiger partial charge in [-0.05, 0) is 72.4 Å². The zero-order valence-corrected chi connectivity index (χ0v) is 14.8. The second-order valence-electron chi connectivity index (χ2n) is 5.45. The maximum absolute atomic E-state index is 12.3. The van der Waals surface area contributed by atoms with Gasteiger partial charge >= 0.3 is 0 Å². The number of aryl methyl sites for hydroxylation is 3. The molecule has 22 heavy (non-hydrogen) atoms. The van der Waals surface area contributed by atoms with E-state index in [4.69, 9.17) is 4.74 Å². The second kappa shape index (κ2) is 6.97. The maximum Gasteiger partial charge on any atom is 0.265 e. The summed E-state index contributed by atoms with van der Waals surface area (Å²) in [6, 6.07) is 11.7. The molecule has 1 amide bonds. The molecule has 0 aliphatic carbocycles. The molecule has 0 bridgehead atoms. The monoisotopic (exact) mass is 361 g/mol. The van der Waals surface area contributed by atoms with Gasteiger partial charge in [0.1, 0.15) is 5.75 Å². The first-order valence-corrected chi connectivity index (χ1v) is 7.97. The van der Waals surface area contributed by atoms with Gasteiger partial charge in [0.25, 0.3) is 5.91 Å². The third-order valence-corrected chi connectivity index (χ3v) is 4.11. The van der Waals surface area contributed by atoms with Crippen LogP contribution in [0.25, 0.3) is 0 Å². The Morgan fingerprint density at radius 3 is 2.36 bits per heavy atom. The van der Waals surface area contributed by atoms with Crippen LogP contribution in [0.5, 0.6) is 5.75 Å². The van der Waals surface area contributed by atoms with Crippen LogP contribution in [-0.4, -0.2) is 12.0 Å². The Balaban J connectivity index is 2.09. The smallest absolute Gasteiger partial charge is 0.265 e. The molecule has 0 radical (unpaired) electrons. The highest BCUT2D eigenvalue weighted by Gasteiger charge is 2.17. The van der Waals surface area contributed by atoms with Crippen LogP contribution in [0.15, 0.2) is 40.9 Å². The van der Waals surface area contributed by atoms with Crippen molar-refractivity contribution in [2.24, 2.45) is 0 Å². The predicted molar refractivity (Wildman–Crippen MR) is 93.5 cm³/mol. The van der Waals surface area contributed by atoms with Crippen LogP contribution < -0.4 is 10.1 Å². The van der Waals surface area contributed by atoms with Crippen LogP contribution in [0.4, 0.5) is 5.69 Å². The lowest BCUT2D eigenvalue weighted by Gasteiger charge is -2.18. The highest BCUT2D eigenvalue weighted by Crippen LogP contribution is 2.25. The average Bonchev–Trinajstić information content (AvgIpc) is 2.45. The molecular formula is C18H20BrNO2. The number of ether oxygens (including phenoxy) is 1. The quantitative estimate of drug-likeness (QED) is 0.850. The first kappa shape index (κ1) is 16.6. The highest BCUT2D eigenvalue weighted by molar-refractivity contribution is 9.10. The molecule has 1 atom stereocenters. The number of benzene rings is 2. The van der Waals surface area contributed by atoms with Gasteiger partial charge in [0.15, 0.2) is 6.10 Å². The summed E-state index contributed by atoms with van der Waals surface area (Å²) in [4.78, 5) is 12.3. The lowest BCUT2D eigenvalue weighted by Crippen LogP contribution is -2.30. The fourth-order valence-corrected chi connectivity index (χ4v) is 2.76. The van der Waals surface area contributed by atoms with E-state index in [0.29, 0.717) is 0 Å². The Bertz CT molecular complexity index is 677. The zero-order valence-electron chi connectivity index (χ0n) is 13.2. The Labute approximate surface area is 139 Å². The number of hydrogen-bond acceptors (Lipinski definition) is 2. The van der Waals surface area contributed by atoms with Crippen molar-refractivity contribution in [2.45, 2.75) is 33.8 Å². The second-order valence-corrected chi connectivity index (χ2v) is 6.31. The van der Waals surface area contributed by atoms with Crippen molar-refractivity contribution in [1.82, 2.24) is 0 Å². The van der Waals surface area contributed by atoms with Crippen molar-refractivity contribution in [3.8, 4) is 5.75 Å². The summed E-state index contributed by atoms with van der Waals surface area (Å²) in [5, 5.41) is 2.89. The molecule has 2 aromatic carbocycles. The fourth-order valence-electron chi connectivity index (χ4n) is 2.17. The SMILES string of the molecule is Cc1ccc(NC(=O)C(C)Oc2c(C)cccc2C)c(Br)c1. The highest BCUT2D eigenvalue weighted by atomic mass is 79.9. The van der Waals surface area contributed by atoms with E-state index in [-0.39, 0.29) is 5.91 Å². The van der Waals surface area contributed by atoms with Crippen molar-refractivity contribution < 1.29 is 9.53 Å². The van der Waals surface area contributed by atoms with Crippen molar-refractivity contribution in [3.05, 3.63) is 57.6 Å². The van der Waals surface area contributed by atoms with Gasteiger partial charge in [-0.25, -0.2) is 0 Å². The van der Waals surface area contributed by atoms with Gasteiger partial charge in [-0.2, -0.15) is 0 Å². The Kier molecular flexibility index (Phi) is 5.24. The minimum Gasteiger partial charge on any atom is -0.480 e. The molecule has 1 unspecified atom stereocenters. The molecule has 2 rings (SSSR count). The Morgan fingerprint density at radius 1 is 1.14 bits per heavy atom. The summed E-state index contributed by atoms with van der Waals surface area (Å²) in [5.74, 6) is 0.598. The Morgan fingerprint density at radius 2 is 1.77 bits per heavy atom. The molecule has 0 fully saturated rings. The van der Waals surface area contributed by atoms with E-state index in [9.17, 15) is 4.79 Å². The van der Waals surface area contributed by atoms with Gasteiger partial charge in [0.2, 0.25) is 0 Å². The normalized spacial score (nSPS) is 11.9. The molecule has 0 saturated carbocycles. The molecule has 0 aliphatic rings. The molecule has 0 aliphatic heterocycles. The number of carbonyl (C=O) groups excluding carboxylic acids is 1. The molecule has 3 nitrogen and oxygen atoms in total. The molecule has 0 aromatic heterocycles. The van der Waals surface area contributed by atoms with Crippen LogP contribution in [0.2, 0.25) is 0 Å². The van der Waals surface area contributed by atoms with E-state index >= 15 is 0 Å². The minimum absolute atomic E-state index is 0.174. The summed E-state index contributed by atoms with van der Waals surface area (Å²) in [5.41, 5.74) is 3.92. The lowest BCUT2D eigenvalue weighted by molar-refractivity contribution is -0.122. The predicted octanol–water partition coefficient (Wildman–Crippen LogP) is 4.78. The summed E-state index contributed by atoms with van der Waals surface area (Å²) >= 11 is 3.46. The van der Waals surface area contributed by atoms with Crippen molar-refractivity contribution >= 4 is 27.5 Å². The van der Waals surface area contributed by atoms with Gasteiger partial charge in [-0.15, -0.1) is 0 Å². The van der Waals surface area contributed by atoms with Gasteiger partial charge in [0, 0.05) is 4.47 Å². The summed E-state index contributed by atoms with van der Waals surface area (Å²) in [7, 11) is 0. The van der Waals surface area contributed by atoms with Crippen LogP contribution in [0.1, 0.15) is 23.6 Å². The topological polar surface area (TPSA) is 38.3 Å². The molecule has 116 valence electrons. The number of hydrogen-bond donors (Lipinski definition) is 1. The van der Waals surface area contributed by atoms with E-state index in [1.165, 1.54) is 0 Å². The Hall–Kier alpha value is -1.81. The number of anilines is 1. The molecular weight excluding hydrogens is 342 g/mol. The number of nitrogens with one attached hydrogen (secondary N) is 1. The minimum atomic E-state index is -0.576. The van der Waals surface area contributed by atoms with E-state index in [0.717, 1.165) is 32.6 Å². The van der Waals surface area contributed by atoms with E-state index < -0.39 is 6.10 Å². The molecule has 0 heterocycles. The maximum atomic E-state index is 12.3. The average molecular weight is 362 g/mol. The standard InChI is InChI=1S/C18H20BrNO2/c1-11-8-9-16(15(19)10-11)20-18(21)14(4)22-17-12(2)6-5-7-13(17)3/h5-10,14H,1-4H3,(H,20,21). The van der Waals surface area contributed by atoms with Crippen molar-refractivity contribution in [3.63, 3.8) is 0 Å². The van der Waals surface area contributed by atoms with Gasteiger partial charge in [0.05, 0.1) is 5.69 Å². The van der Waals surface area contributed by atoms with Gasteiger partial charge in [-0.1, -0.05) is 24.3 Å². The van der Waals surface area contributed by atoms with Crippen LogP contribution in [0.3, 0.4) is 0 Å². The molecule has 4 heteroatoms. The first-order valence-electron chi connectivity index (χ1n) is 7.18. The van der Waals surface area contributed by atoms with E-state index in [1.807, 2.05) is 57.2 Å². The molecule has 2 aromatic rings. The third kappa shape index (κ3) is 3.89. The zero-order chi connectivity index (χ0) is 16.3. The lowest BCUT2D eigenvalue weighted by atomic mass is 10.1.